The number of aryl methyl sites for hydroxylation is 1. The molecule has 2 rings (SSSR count). The van der Waals surface area contributed by atoms with Gasteiger partial charge in [-0.05, 0) is 30.1 Å². The van der Waals surface area contributed by atoms with Gasteiger partial charge in [-0.25, -0.2) is 4.98 Å². The maximum atomic E-state index is 5.68. The van der Waals surface area contributed by atoms with Gasteiger partial charge in [0.2, 0.25) is 11.2 Å². The lowest BCUT2D eigenvalue weighted by Gasteiger charge is -2.02. The van der Waals surface area contributed by atoms with Crippen LogP contribution in [0.1, 0.15) is 11.5 Å². The molecule has 0 unspecified atom stereocenters. The number of nitrogens with one attached hydrogen (secondary N) is 1. The van der Waals surface area contributed by atoms with Gasteiger partial charge >= 0.3 is 0 Å². The Hall–Kier alpha value is -1.34. The summed E-state index contributed by atoms with van der Waals surface area (Å²) in [6, 6.07) is 0. The van der Waals surface area contributed by atoms with Crippen molar-refractivity contribution < 1.29 is 0 Å². The normalized spacial score (nSPS) is 10.3. The second kappa shape index (κ2) is 4.45. The summed E-state index contributed by atoms with van der Waals surface area (Å²) in [7, 11) is 0. The van der Waals surface area contributed by atoms with Gasteiger partial charge in [0, 0.05) is 5.38 Å². The fourth-order valence-corrected chi connectivity index (χ4v) is 1.61. The topological polar surface area (TPSA) is 76.5 Å². The van der Waals surface area contributed by atoms with Crippen LogP contribution in [0.5, 0.6) is 0 Å². The van der Waals surface area contributed by atoms with Crippen LogP contribution in [0, 0.1) is 6.92 Å². The highest BCUT2D eigenvalue weighted by atomic mass is 35.5. The van der Waals surface area contributed by atoms with E-state index >= 15 is 0 Å². The molecule has 0 aliphatic carbocycles. The highest BCUT2D eigenvalue weighted by Gasteiger charge is 2.02. The average Bonchev–Trinajstić information content (AvgIpc) is 2.65. The minimum absolute atomic E-state index is 0.182. The lowest BCUT2D eigenvalue weighted by Crippen LogP contribution is -2.06. The summed E-state index contributed by atoms with van der Waals surface area (Å²) in [6.45, 7) is 2.28. The molecule has 0 aliphatic rings. The Morgan fingerprint density at radius 1 is 1.40 bits per heavy atom. The second-order valence-electron chi connectivity index (χ2n) is 2.73. The highest BCUT2D eigenvalue weighted by Crippen LogP contribution is 2.06. The van der Waals surface area contributed by atoms with Crippen molar-refractivity contribution in [2.45, 2.75) is 13.5 Å². The number of hydrogen-bond acceptors (Lipinski definition) is 7. The monoisotopic (exact) mass is 242 g/mol. The molecule has 0 radical (unpaired) electrons. The number of rotatable bonds is 3. The molecule has 2 aromatic heterocycles. The molecule has 1 N–H and O–H groups in total. The first-order valence-electron chi connectivity index (χ1n) is 4.12. The van der Waals surface area contributed by atoms with E-state index in [2.05, 4.69) is 29.9 Å². The molecule has 0 atom stereocenters. The van der Waals surface area contributed by atoms with E-state index in [1.165, 1.54) is 11.5 Å². The van der Waals surface area contributed by atoms with Crippen LogP contribution in [0.3, 0.4) is 0 Å². The highest BCUT2D eigenvalue weighted by molar-refractivity contribution is 7.03. The van der Waals surface area contributed by atoms with Crippen molar-refractivity contribution >= 4 is 29.1 Å². The van der Waals surface area contributed by atoms with E-state index < -0.39 is 0 Å². The molecule has 8 heteroatoms. The number of hydrogen-bond donors (Lipinski definition) is 1. The van der Waals surface area contributed by atoms with Crippen molar-refractivity contribution in [1.29, 1.82) is 0 Å². The zero-order chi connectivity index (χ0) is 10.7. The lowest BCUT2D eigenvalue weighted by molar-refractivity contribution is 0.930. The molecule has 6 nitrogen and oxygen atoms in total. The van der Waals surface area contributed by atoms with Crippen molar-refractivity contribution in [3.05, 3.63) is 22.2 Å². The number of nitrogens with zero attached hydrogens (tertiary/aromatic N) is 5. The molecule has 0 amide bonds. The van der Waals surface area contributed by atoms with Gasteiger partial charge < -0.3 is 5.32 Å². The van der Waals surface area contributed by atoms with E-state index in [9.17, 15) is 0 Å². The van der Waals surface area contributed by atoms with Gasteiger partial charge in [0.25, 0.3) is 0 Å². The van der Waals surface area contributed by atoms with Crippen molar-refractivity contribution in [3.63, 3.8) is 0 Å². The Kier molecular flexibility index (Phi) is 3.02. The first-order chi connectivity index (χ1) is 7.24. The summed E-state index contributed by atoms with van der Waals surface area (Å²) >= 11 is 6.98. The van der Waals surface area contributed by atoms with Crippen molar-refractivity contribution in [3.8, 4) is 0 Å². The zero-order valence-electron chi connectivity index (χ0n) is 7.81. The summed E-state index contributed by atoms with van der Waals surface area (Å²) in [5.74, 6) is 1.02. The van der Waals surface area contributed by atoms with E-state index in [0.29, 0.717) is 18.3 Å². The first kappa shape index (κ1) is 10.2. The molecular weight excluding hydrogens is 236 g/mol. The van der Waals surface area contributed by atoms with E-state index in [1.54, 1.807) is 6.92 Å². The van der Waals surface area contributed by atoms with Crippen molar-refractivity contribution in [2.75, 3.05) is 5.32 Å². The van der Waals surface area contributed by atoms with Gasteiger partial charge in [-0.1, -0.05) is 4.49 Å². The molecule has 15 heavy (non-hydrogen) atoms. The maximum Gasteiger partial charge on any atom is 0.227 e. The van der Waals surface area contributed by atoms with Gasteiger partial charge in [0.15, 0.2) is 0 Å². The molecule has 0 aromatic carbocycles. The predicted octanol–water partition coefficient (Wildman–Crippen LogP) is 1.30. The molecule has 2 aromatic rings. The Bertz CT molecular complexity index is 424. The first-order valence-corrected chi connectivity index (χ1v) is 5.33. The Morgan fingerprint density at radius 2 is 2.27 bits per heavy atom. The fraction of sp³-hybridized carbons (Fsp3) is 0.286. The van der Waals surface area contributed by atoms with Gasteiger partial charge in [0.05, 0.1) is 12.2 Å². The smallest absolute Gasteiger partial charge is 0.227 e. The SMILES string of the molecule is Cc1nc(Cl)nc(NCc2csnn2)n1. The maximum absolute atomic E-state index is 5.68. The molecule has 0 spiro atoms. The third-order valence-electron chi connectivity index (χ3n) is 1.55. The second-order valence-corrected chi connectivity index (χ2v) is 3.67. The molecule has 0 fully saturated rings. The molecule has 78 valence electrons. The Morgan fingerprint density at radius 3 is 2.93 bits per heavy atom. The van der Waals surface area contributed by atoms with E-state index in [-0.39, 0.29) is 5.28 Å². The minimum Gasteiger partial charge on any atom is -0.348 e. The van der Waals surface area contributed by atoms with E-state index in [0.717, 1.165) is 5.69 Å². The largest absolute Gasteiger partial charge is 0.348 e. The van der Waals surface area contributed by atoms with Gasteiger partial charge in [-0.15, -0.1) is 5.10 Å². The molecule has 0 aliphatic heterocycles. The Labute approximate surface area is 94.9 Å². The van der Waals surface area contributed by atoms with Crippen molar-refractivity contribution in [2.24, 2.45) is 0 Å². The fourth-order valence-electron chi connectivity index (χ4n) is 0.959. The van der Waals surface area contributed by atoms with E-state index in [1.807, 2.05) is 5.38 Å². The van der Waals surface area contributed by atoms with Crippen LogP contribution in [-0.4, -0.2) is 24.5 Å². The van der Waals surface area contributed by atoms with Gasteiger partial charge in [-0.3, -0.25) is 0 Å². The molecule has 0 saturated carbocycles. The third kappa shape index (κ3) is 2.80. The predicted molar refractivity (Wildman–Crippen MR) is 56.8 cm³/mol. The van der Waals surface area contributed by atoms with E-state index in [4.69, 9.17) is 11.6 Å². The molecule has 2 heterocycles. The quantitative estimate of drug-likeness (QED) is 0.874. The molecule has 0 saturated heterocycles. The van der Waals surface area contributed by atoms with Crippen LogP contribution < -0.4 is 5.32 Å². The average molecular weight is 243 g/mol. The number of halogens is 1. The van der Waals surface area contributed by atoms with Crippen LogP contribution in [-0.2, 0) is 6.54 Å². The Balaban J connectivity index is 2.05. The van der Waals surface area contributed by atoms with Crippen LogP contribution in [0.4, 0.5) is 5.95 Å². The number of anilines is 1. The lowest BCUT2D eigenvalue weighted by atomic mass is 10.5. The number of aromatic nitrogens is 5. The van der Waals surface area contributed by atoms with Crippen LogP contribution >= 0.6 is 23.1 Å². The van der Waals surface area contributed by atoms with Crippen LogP contribution in [0.2, 0.25) is 5.28 Å². The summed E-state index contributed by atoms with van der Waals surface area (Å²) in [6.07, 6.45) is 0. The summed E-state index contributed by atoms with van der Waals surface area (Å²) in [5, 5.41) is 8.90. The van der Waals surface area contributed by atoms with Crippen molar-refractivity contribution in [1.82, 2.24) is 24.5 Å². The zero-order valence-corrected chi connectivity index (χ0v) is 9.38. The third-order valence-corrected chi connectivity index (χ3v) is 2.28. The minimum atomic E-state index is 0.182. The standard InChI is InChI=1S/C7H7ClN6S/c1-4-10-6(8)12-7(11-4)9-2-5-3-15-14-13-5/h3H,2H2,1H3,(H,9,10,11,12). The van der Waals surface area contributed by atoms with Crippen LogP contribution in [0.25, 0.3) is 0 Å². The van der Waals surface area contributed by atoms with Crippen LogP contribution in [0.15, 0.2) is 5.38 Å². The molecular formula is C7H7ClN6S. The molecule has 0 bridgehead atoms. The van der Waals surface area contributed by atoms with Gasteiger partial charge in [-0.2, -0.15) is 9.97 Å². The summed E-state index contributed by atoms with van der Waals surface area (Å²) in [4.78, 5) is 11.8. The summed E-state index contributed by atoms with van der Waals surface area (Å²) < 4.78 is 3.74. The summed E-state index contributed by atoms with van der Waals surface area (Å²) in [5.41, 5.74) is 0.842. The van der Waals surface area contributed by atoms with Gasteiger partial charge in [0.1, 0.15) is 5.82 Å².